The first-order valence-corrected chi connectivity index (χ1v) is 9.85. The van der Waals surface area contributed by atoms with Crippen molar-refractivity contribution >= 4 is 11.9 Å². The lowest BCUT2D eigenvalue weighted by Crippen LogP contribution is -2.44. The molecule has 2 aromatic carbocycles. The molecule has 2 aromatic rings. The number of aryl methyl sites for hydroxylation is 2. The highest BCUT2D eigenvalue weighted by molar-refractivity contribution is 5.84. The fourth-order valence-electron chi connectivity index (χ4n) is 3.00. The van der Waals surface area contributed by atoms with Crippen LogP contribution in [0, 0.1) is 5.92 Å². The van der Waals surface area contributed by atoms with Crippen molar-refractivity contribution in [1.82, 2.24) is 5.32 Å². The minimum atomic E-state index is -1.08. The summed E-state index contributed by atoms with van der Waals surface area (Å²) in [7, 11) is 0. The van der Waals surface area contributed by atoms with Gasteiger partial charge in [0.05, 0.1) is 6.61 Å². The second-order valence-electron chi connectivity index (χ2n) is 7.29. The van der Waals surface area contributed by atoms with Crippen molar-refractivity contribution in [3.05, 3.63) is 59.2 Å². The first kappa shape index (κ1) is 22.3. The van der Waals surface area contributed by atoms with E-state index in [0.29, 0.717) is 13.0 Å². The highest BCUT2D eigenvalue weighted by atomic mass is 16.5. The van der Waals surface area contributed by atoms with Crippen molar-refractivity contribution < 1.29 is 24.5 Å². The Bertz CT molecular complexity index is 830. The number of phenolic OH excluding ortho intramolecular Hbond substituents is 1. The molecule has 3 N–H and O–H groups in total. The van der Waals surface area contributed by atoms with Gasteiger partial charge in [0.15, 0.2) is 0 Å². The highest BCUT2D eigenvalue weighted by Crippen LogP contribution is 2.21. The van der Waals surface area contributed by atoms with Crippen LogP contribution in [-0.4, -0.2) is 34.7 Å². The molecule has 0 spiro atoms. The Morgan fingerprint density at radius 1 is 1.03 bits per heavy atom. The molecule has 6 nitrogen and oxygen atoms in total. The maximum absolute atomic E-state index is 11.9. The Labute approximate surface area is 171 Å². The fourth-order valence-corrected chi connectivity index (χ4v) is 3.00. The molecule has 1 amide bonds. The summed E-state index contributed by atoms with van der Waals surface area (Å²) in [5.74, 6) is -0.722. The van der Waals surface area contributed by atoms with Gasteiger partial charge in [0, 0.05) is 12.3 Å². The van der Waals surface area contributed by atoms with E-state index in [1.807, 2.05) is 31.2 Å². The molecule has 0 saturated heterocycles. The smallest absolute Gasteiger partial charge is 0.326 e. The molecule has 0 aliphatic carbocycles. The van der Waals surface area contributed by atoms with Crippen molar-refractivity contribution in [3.8, 4) is 11.5 Å². The molecule has 0 aliphatic heterocycles. The highest BCUT2D eigenvalue weighted by Gasteiger charge is 2.23. The second kappa shape index (κ2) is 10.5. The normalized spacial score (nSPS) is 11.9. The third-order valence-electron chi connectivity index (χ3n) is 4.67. The van der Waals surface area contributed by atoms with Crippen molar-refractivity contribution in [2.24, 2.45) is 5.92 Å². The third-order valence-corrected chi connectivity index (χ3v) is 4.67. The summed E-state index contributed by atoms with van der Waals surface area (Å²) in [6, 6.07) is 11.7. The second-order valence-corrected chi connectivity index (χ2v) is 7.29. The van der Waals surface area contributed by atoms with Gasteiger partial charge >= 0.3 is 5.97 Å². The van der Waals surface area contributed by atoms with Crippen LogP contribution in [0.5, 0.6) is 11.5 Å². The van der Waals surface area contributed by atoms with Crippen LogP contribution in [0.25, 0.3) is 0 Å². The Kier molecular flexibility index (Phi) is 8.07. The largest absolute Gasteiger partial charge is 0.508 e. The van der Waals surface area contributed by atoms with Gasteiger partial charge in [-0.1, -0.05) is 32.0 Å². The number of carboxylic acids is 1. The van der Waals surface area contributed by atoms with E-state index in [9.17, 15) is 19.8 Å². The number of phenols is 1. The lowest BCUT2D eigenvalue weighted by molar-refractivity contribution is -0.142. The Balaban J connectivity index is 2.13. The Morgan fingerprint density at radius 2 is 1.72 bits per heavy atom. The Morgan fingerprint density at radius 3 is 2.31 bits per heavy atom. The summed E-state index contributed by atoms with van der Waals surface area (Å²) in [6.45, 7) is 5.99. The average Bonchev–Trinajstić information content (AvgIpc) is 2.68. The van der Waals surface area contributed by atoms with E-state index in [4.69, 9.17) is 4.74 Å². The minimum absolute atomic E-state index is 0.133. The summed E-state index contributed by atoms with van der Waals surface area (Å²) < 4.78 is 5.45. The first-order valence-electron chi connectivity index (χ1n) is 9.85. The monoisotopic (exact) mass is 399 g/mol. The third kappa shape index (κ3) is 6.82. The molecule has 156 valence electrons. The number of amides is 1. The SMILES string of the molecule is CCOc1ccc(CCc2cc(O)ccc2C[C@H](NC(=O)C(C)C)C(=O)O)cc1. The van der Waals surface area contributed by atoms with Crippen LogP contribution in [0.2, 0.25) is 0 Å². The van der Waals surface area contributed by atoms with Gasteiger partial charge in [-0.15, -0.1) is 0 Å². The number of carboxylic acid groups (broad SMARTS) is 1. The lowest BCUT2D eigenvalue weighted by Gasteiger charge is -2.18. The van der Waals surface area contributed by atoms with E-state index in [-0.39, 0.29) is 24.0 Å². The zero-order valence-corrected chi connectivity index (χ0v) is 17.1. The molecule has 1 atom stereocenters. The summed E-state index contributed by atoms with van der Waals surface area (Å²) >= 11 is 0. The molecular formula is C23H29NO5. The number of carbonyl (C=O) groups excluding carboxylic acids is 1. The van der Waals surface area contributed by atoms with Crippen molar-refractivity contribution in [1.29, 1.82) is 0 Å². The van der Waals surface area contributed by atoms with Gasteiger partial charge in [-0.2, -0.15) is 0 Å². The number of benzene rings is 2. The summed E-state index contributed by atoms with van der Waals surface area (Å²) in [5.41, 5.74) is 2.78. The molecule has 0 bridgehead atoms. The average molecular weight is 399 g/mol. The Hall–Kier alpha value is -3.02. The van der Waals surface area contributed by atoms with Gasteiger partial charge in [-0.3, -0.25) is 4.79 Å². The van der Waals surface area contributed by atoms with Crippen molar-refractivity contribution in [2.45, 2.75) is 46.1 Å². The molecule has 0 unspecified atom stereocenters. The molecule has 0 aliphatic rings. The standard InChI is InChI=1S/C23H29NO5/c1-4-29-20-11-6-16(7-12-20)5-8-17-13-19(25)10-9-18(17)14-21(23(27)28)24-22(26)15(2)3/h6-7,9-13,15,21,25H,4-5,8,14H2,1-3H3,(H,24,26)(H,27,28)/t21-/m0/s1. The van der Waals surface area contributed by atoms with E-state index in [2.05, 4.69) is 5.32 Å². The summed E-state index contributed by atoms with van der Waals surface area (Å²) in [5, 5.41) is 22.0. The van der Waals surface area contributed by atoms with E-state index in [0.717, 1.165) is 28.9 Å². The topological polar surface area (TPSA) is 95.9 Å². The van der Waals surface area contributed by atoms with Gasteiger partial charge in [-0.25, -0.2) is 4.79 Å². The molecular weight excluding hydrogens is 370 g/mol. The van der Waals surface area contributed by atoms with Gasteiger partial charge < -0.3 is 20.3 Å². The number of hydrogen-bond donors (Lipinski definition) is 3. The molecule has 6 heteroatoms. The maximum Gasteiger partial charge on any atom is 0.326 e. The molecule has 29 heavy (non-hydrogen) atoms. The molecule has 0 heterocycles. The van der Waals surface area contributed by atoms with E-state index in [1.165, 1.54) is 0 Å². The summed E-state index contributed by atoms with van der Waals surface area (Å²) in [6.07, 6.45) is 1.54. The quantitative estimate of drug-likeness (QED) is 0.569. The predicted molar refractivity (Wildman–Crippen MR) is 111 cm³/mol. The van der Waals surface area contributed by atoms with Crippen LogP contribution in [0.15, 0.2) is 42.5 Å². The van der Waals surface area contributed by atoms with Gasteiger partial charge in [-0.05, 0) is 60.7 Å². The maximum atomic E-state index is 11.9. The van der Waals surface area contributed by atoms with Crippen LogP contribution >= 0.6 is 0 Å². The molecule has 0 fully saturated rings. The number of nitrogens with one attached hydrogen (secondary N) is 1. The van der Waals surface area contributed by atoms with E-state index >= 15 is 0 Å². The van der Waals surface area contributed by atoms with Crippen molar-refractivity contribution in [2.75, 3.05) is 6.61 Å². The zero-order valence-electron chi connectivity index (χ0n) is 17.1. The number of aromatic hydroxyl groups is 1. The molecule has 0 saturated carbocycles. The number of ether oxygens (including phenoxy) is 1. The molecule has 0 aromatic heterocycles. The number of aliphatic carboxylic acids is 1. The van der Waals surface area contributed by atoms with Gasteiger partial charge in [0.1, 0.15) is 17.5 Å². The van der Waals surface area contributed by atoms with Crippen molar-refractivity contribution in [3.63, 3.8) is 0 Å². The first-order chi connectivity index (χ1) is 13.8. The number of hydrogen-bond acceptors (Lipinski definition) is 4. The lowest BCUT2D eigenvalue weighted by atomic mass is 9.95. The molecule has 0 radical (unpaired) electrons. The van der Waals surface area contributed by atoms with Gasteiger partial charge in [0.2, 0.25) is 5.91 Å². The molecule has 2 rings (SSSR count). The predicted octanol–water partition coefficient (Wildman–Crippen LogP) is 3.34. The van der Waals surface area contributed by atoms with Crippen LogP contribution in [0.3, 0.4) is 0 Å². The van der Waals surface area contributed by atoms with Crippen LogP contribution in [-0.2, 0) is 28.9 Å². The van der Waals surface area contributed by atoms with Crippen LogP contribution in [0.1, 0.15) is 37.5 Å². The zero-order chi connectivity index (χ0) is 21.4. The minimum Gasteiger partial charge on any atom is -0.508 e. The fraction of sp³-hybridized carbons (Fsp3) is 0.391. The number of rotatable bonds is 10. The van der Waals surface area contributed by atoms with Crippen LogP contribution < -0.4 is 10.1 Å². The van der Waals surface area contributed by atoms with E-state index < -0.39 is 12.0 Å². The van der Waals surface area contributed by atoms with E-state index in [1.54, 1.807) is 32.0 Å². The van der Waals surface area contributed by atoms with Gasteiger partial charge in [0.25, 0.3) is 0 Å². The number of carbonyl (C=O) groups is 2. The summed E-state index contributed by atoms with van der Waals surface area (Å²) in [4.78, 5) is 23.6. The van der Waals surface area contributed by atoms with Crippen LogP contribution in [0.4, 0.5) is 0 Å².